The van der Waals surface area contributed by atoms with E-state index in [4.69, 9.17) is 27.9 Å². The zero-order chi connectivity index (χ0) is 15.6. The lowest BCUT2D eigenvalue weighted by atomic mass is 10.3. The smallest absolute Gasteiger partial charge is 0.265 e. The molecule has 0 aliphatic rings. The average molecular weight is 352 g/mol. The quantitative estimate of drug-likeness (QED) is 0.856. The van der Waals surface area contributed by atoms with E-state index in [1.807, 2.05) is 0 Å². The number of hydrogen-bond acceptors (Lipinski definition) is 5. The third-order valence-electron chi connectivity index (χ3n) is 2.29. The van der Waals surface area contributed by atoms with Gasteiger partial charge in [0.1, 0.15) is 15.9 Å². The highest BCUT2D eigenvalue weighted by Gasteiger charge is 2.20. The van der Waals surface area contributed by atoms with Gasteiger partial charge in [-0.05, 0) is 18.2 Å². The summed E-state index contributed by atoms with van der Waals surface area (Å²) in [6.07, 6.45) is 0. The molecule has 6 nitrogen and oxygen atoms in total. The van der Waals surface area contributed by atoms with Crippen molar-refractivity contribution in [3.05, 3.63) is 40.3 Å². The van der Waals surface area contributed by atoms with Gasteiger partial charge >= 0.3 is 0 Å². The predicted octanol–water partition coefficient (Wildman–Crippen LogP) is 2.73. The Morgan fingerprint density at radius 1 is 1.24 bits per heavy atom. The van der Waals surface area contributed by atoms with E-state index in [9.17, 15) is 12.8 Å². The van der Waals surface area contributed by atoms with E-state index in [0.29, 0.717) is 0 Å². The summed E-state index contributed by atoms with van der Waals surface area (Å²) in [7, 11) is -2.84. The van der Waals surface area contributed by atoms with Crippen LogP contribution in [0.5, 0.6) is 5.88 Å². The molecule has 0 radical (unpaired) electrons. The standard InChI is InChI=1S/C11H8Cl2FN3O3S/c1-20-10-5-9(13)15-11(16-10)17-21(18,19)8-4-6(14)2-3-7(8)12/h2-5H,1H3,(H,15,16,17). The molecule has 0 bridgehead atoms. The maximum atomic E-state index is 13.2. The molecule has 0 atom stereocenters. The topological polar surface area (TPSA) is 81.2 Å². The van der Waals surface area contributed by atoms with Crippen molar-refractivity contribution in [2.45, 2.75) is 4.90 Å². The van der Waals surface area contributed by atoms with Crippen molar-refractivity contribution in [1.82, 2.24) is 9.97 Å². The summed E-state index contributed by atoms with van der Waals surface area (Å²) < 4.78 is 44.4. The number of aromatic nitrogens is 2. The normalized spacial score (nSPS) is 11.2. The molecule has 0 aliphatic heterocycles. The van der Waals surface area contributed by atoms with Gasteiger partial charge in [0.25, 0.3) is 10.0 Å². The van der Waals surface area contributed by atoms with Gasteiger partial charge in [0.2, 0.25) is 11.8 Å². The van der Waals surface area contributed by atoms with Gasteiger partial charge in [-0.25, -0.2) is 22.5 Å². The number of rotatable bonds is 4. The Morgan fingerprint density at radius 3 is 2.62 bits per heavy atom. The molecule has 2 aromatic rings. The first kappa shape index (κ1) is 15.7. The van der Waals surface area contributed by atoms with E-state index in [-0.39, 0.29) is 22.0 Å². The Balaban J connectivity index is 2.42. The minimum absolute atomic E-state index is 0.0233. The van der Waals surface area contributed by atoms with Crippen LogP contribution < -0.4 is 9.46 Å². The second kappa shape index (κ2) is 6.00. The Morgan fingerprint density at radius 2 is 1.95 bits per heavy atom. The monoisotopic (exact) mass is 351 g/mol. The fraction of sp³-hybridized carbons (Fsp3) is 0.0909. The number of nitrogens with one attached hydrogen (secondary N) is 1. The molecule has 0 unspecified atom stereocenters. The van der Waals surface area contributed by atoms with Crippen LogP contribution in [0.2, 0.25) is 10.2 Å². The molecule has 1 heterocycles. The molecule has 0 fully saturated rings. The average Bonchev–Trinajstić information content (AvgIpc) is 2.40. The van der Waals surface area contributed by atoms with Crippen LogP contribution in [0, 0.1) is 5.82 Å². The predicted molar refractivity (Wildman–Crippen MR) is 75.8 cm³/mol. The maximum Gasteiger partial charge on any atom is 0.265 e. The number of anilines is 1. The first-order chi connectivity index (χ1) is 9.81. The molecule has 1 aromatic carbocycles. The molecule has 0 aliphatic carbocycles. The van der Waals surface area contributed by atoms with Gasteiger partial charge in [-0.2, -0.15) is 4.98 Å². The second-order valence-corrected chi connectivity index (χ2v) is 6.18. The van der Waals surface area contributed by atoms with Crippen LogP contribution in [-0.4, -0.2) is 25.5 Å². The van der Waals surface area contributed by atoms with Crippen molar-refractivity contribution in [2.24, 2.45) is 0 Å². The second-order valence-electron chi connectivity index (χ2n) is 3.74. The van der Waals surface area contributed by atoms with E-state index in [1.54, 1.807) is 0 Å². The minimum atomic E-state index is -4.17. The number of halogens is 3. The summed E-state index contributed by atoms with van der Waals surface area (Å²) in [5, 5.41) is -0.164. The van der Waals surface area contributed by atoms with Crippen molar-refractivity contribution in [2.75, 3.05) is 11.8 Å². The maximum absolute atomic E-state index is 13.2. The Hall–Kier alpha value is -1.64. The van der Waals surface area contributed by atoms with Crippen molar-refractivity contribution in [3.63, 3.8) is 0 Å². The molecule has 112 valence electrons. The molecule has 0 saturated carbocycles. The molecule has 2 rings (SSSR count). The van der Waals surface area contributed by atoms with Gasteiger partial charge in [0.05, 0.1) is 12.1 Å². The number of methoxy groups -OCH3 is 1. The largest absolute Gasteiger partial charge is 0.481 e. The highest BCUT2D eigenvalue weighted by molar-refractivity contribution is 7.92. The summed E-state index contributed by atoms with van der Waals surface area (Å²) >= 11 is 11.5. The van der Waals surface area contributed by atoms with Crippen LogP contribution in [0.3, 0.4) is 0 Å². The summed E-state index contributed by atoms with van der Waals surface area (Å²) in [6, 6.07) is 4.26. The van der Waals surface area contributed by atoms with E-state index in [0.717, 1.165) is 18.2 Å². The van der Waals surface area contributed by atoms with Crippen LogP contribution in [0.1, 0.15) is 0 Å². The number of sulfonamides is 1. The summed E-state index contributed by atoms with van der Waals surface area (Å²) in [5.41, 5.74) is 0. The zero-order valence-electron chi connectivity index (χ0n) is 10.5. The highest BCUT2D eigenvalue weighted by atomic mass is 35.5. The van der Waals surface area contributed by atoms with Gasteiger partial charge in [-0.3, -0.25) is 0 Å². The summed E-state index contributed by atoms with van der Waals surface area (Å²) in [4.78, 5) is 7.02. The lowest BCUT2D eigenvalue weighted by Gasteiger charge is -2.09. The van der Waals surface area contributed by atoms with Crippen molar-refractivity contribution in [1.29, 1.82) is 0 Å². The molecule has 0 saturated heterocycles. The first-order valence-electron chi connectivity index (χ1n) is 5.38. The molecule has 0 amide bonds. The molecule has 1 aromatic heterocycles. The SMILES string of the molecule is COc1cc(Cl)nc(NS(=O)(=O)c2cc(F)ccc2Cl)n1. The number of nitrogens with zero attached hydrogens (tertiary/aromatic N) is 2. The molecule has 21 heavy (non-hydrogen) atoms. The molecule has 0 spiro atoms. The third-order valence-corrected chi connectivity index (χ3v) is 4.29. The highest BCUT2D eigenvalue weighted by Crippen LogP contribution is 2.24. The van der Waals surface area contributed by atoms with Gasteiger partial charge in [-0.15, -0.1) is 0 Å². The van der Waals surface area contributed by atoms with E-state index in [2.05, 4.69) is 14.7 Å². The van der Waals surface area contributed by atoms with Crippen LogP contribution in [0.15, 0.2) is 29.2 Å². The van der Waals surface area contributed by atoms with E-state index in [1.165, 1.54) is 13.2 Å². The van der Waals surface area contributed by atoms with Crippen LogP contribution in [-0.2, 0) is 10.0 Å². The van der Waals surface area contributed by atoms with Gasteiger partial charge in [0, 0.05) is 6.07 Å². The Bertz CT molecular complexity index is 786. The first-order valence-corrected chi connectivity index (χ1v) is 7.62. The number of benzene rings is 1. The summed E-state index contributed by atoms with van der Waals surface area (Å²) in [5.74, 6) is -0.998. The number of hydrogen-bond donors (Lipinski definition) is 1. The lowest BCUT2D eigenvalue weighted by molar-refractivity contribution is 0.397. The summed E-state index contributed by atoms with van der Waals surface area (Å²) in [6.45, 7) is 0. The van der Waals surface area contributed by atoms with Gasteiger partial charge in [0.15, 0.2) is 0 Å². The zero-order valence-corrected chi connectivity index (χ0v) is 12.8. The number of ether oxygens (including phenoxy) is 1. The lowest BCUT2D eigenvalue weighted by Crippen LogP contribution is -2.16. The molecular weight excluding hydrogens is 344 g/mol. The van der Waals surface area contributed by atoms with E-state index >= 15 is 0 Å². The Labute approximate surface area is 129 Å². The van der Waals surface area contributed by atoms with Crippen molar-refractivity contribution >= 4 is 39.2 Å². The fourth-order valence-electron chi connectivity index (χ4n) is 1.41. The Kier molecular flexibility index (Phi) is 4.50. The molecular formula is C11H8Cl2FN3O3S. The van der Waals surface area contributed by atoms with Gasteiger partial charge in [-0.1, -0.05) is 23.2 Å². The molecule has 10 heteroatoms. The van der Waals surface area contributed by atoms with Crippen LogP contribution in [0.4, 0.5) is 10.3 Å². The third kappa shape index (κ3) is 3.72. The van der Waals surface area contributed by atoms with Crippen LogP contribution in [0.25, 0.3) is 0 Å². The van der Waals surface area contributed by atoms with Gasteiger partial charge < -0.3 is 4.74 Å². The molecule has 1 N–H and O–H groups in total. The van der Waals surface area contributed by atoms with Crippen molar-refractivity contribution in [3.8, 4) is 5.88 Å². The van der Waals surface area contributed by atoms with Crippen molar-refractivity contribution < 1.29 is 17.5 Å². The minimum Gasteiger partial charge on any atom is -0.481 e. The van der Waals surface area contributed by atoms with Crippen LogP contribution >= 0.6 is 23.2 Å². The van der Waals surface area contributed by atoms with E-state index < -0.39 is 20.7 Å². The fourth-order valence-corrected chi connectivity index (χ4v) is 3.04.